The zero-order valence-electron chi connectivity index (χ0n) is 12.3. The van der Waals surface area contributed by atoms with E-state index in [-0.39, 0.29) is 0 Å². The molecule has 0 fully saturated rings. The normalized spacial score (nSPS) is 14.8. The summed E-state index contributed by atoms with van der Waals surface area (Å²) in [6.07, 6.45) is 4.51. The molecule has 0 aliphatic carbocycles. The first-order valence-electron chi connectivity index (χ1n) is 6.92. The van der Waals surface area contributed by atoms with Crippen LogP contribution in [0, 0.1) is 5.92 Å². The van der Waals surface area contributed by atoms with E-state index in [4.69, 9.17) is 0 Å². The van der Waals surface area contributed by atoms with Crippen LogP contribution in [-0.4, -0.2) is 22.9 Å². The van der Waals surface area contributed by atoms with Gasteiger partial charge in [-0.15, -0.1) is 0 Å². The van der Waals surface area contributed by atoms with Crippen LogP contribution in [0.1, 0.15) is 45.0 Å². The second-order valence-electron chi connectivity index (χ2n) is 5.05. The second kappa shape index (κ2) is 7.29. The highest BCUT2D eigenvalue weighted by Gasteiger charge is 2.20. The summed E-state index contributed by atoms with van der Waals surface area (Å²) in [7, 11) is 4.10. The monoisotopic (exact) mass is 315 g/mol. The minimum atomic E-state index is 0.515. The first kappa shape index (κ1) is 15.7. The van der Waals surface area contributed by atoms with E-state index >= 15 is 0 Å². The van der Waals surface area contributed by atoms with Crippen molar-refractivity contribution < 1.29 is 0 Å². The minimum Gasteiger partial charge on any atom is -0.316 e. The van der Waals surface area contributed by atoms with Crippen molar-refractivity contribution >= 4 is 15.9 Å². The lowest BCUT2D eigenvalue weighted by molar-refractivity contribution is 0.365. The maximum absolute atomic E-state index is 4.56. The highest BCUT2D eigenvalue weighted by molar-refractivity contribution is 9.10. The zero-order valence-corrected chi connectivity index (χ0v) is 13.8. The Kier molecular flexibility index (Phi) is 6.36. The summed E-state index contributed by atoms with van der Waals surface area (Å²) in [5.41, 5.74) is 2.46. The quantitative estimate of drug-likeness (QED) is 0.836. The van der Waals surface area contributed by atoms with Crippen molar-refractivity contribution in [3.05, 3.63) is 15.9 Å². The van der Waals surface area contributed by atoms with Crippen molar-refractivity contribution in [1.29, 1.82) is 0 Å². The molecule has 4 heteroatoms. The molecule has 0 aromatic carbocycles. The fourth-order valence-corrected chi connectivity index (χ4v) is 3.27. The van der Waals surface area contributed by atoms with Gasteiger partial charge in [-0.05, 0) is 41.7 Å². The van der Waals surface area contributed by atoms with Gasteiger partial charge < -0.3 is 5.32 Å². The van der Waals surface area contributed by atoms with Crippen LogP contribution in [0.3, 0.4) is 0 Å². The van der Waals surface area contributed by atoms with Crippen LogP contribution >= 0.6 is 15.9 Å². The number of nitrogens with one attached hydrogen (secondary N) is 1. The van der Waals surface area contributed by atoms with E-state index in [9.17, 15) is 0 Å². The van der Waals surface area contributed by atoms with Gasteiger partial charge in [0.05, 0.1) is 15.9 Å². The number of aryl methyl sites for hydroxylation is 2. The van der Waals surface area contributed by atoms with E-state index < -0.39 is 0 Å². The van der Waals surface area contributed by atoms with Gasteiger partial charge in [-0.1, -0.05) is 27.2 Å². The number of nitrogens with zero attached hydrogens (tertiary/aromatic N) is 2. The largest absolute Gasteiger partial charge is 0.316 e. The molecule has 0 amide bonds. The van der Waals surface area contributed by atoms with E-state index in [1.165, 1.54) is 23.0 Å². The molecule has 1 rings (SSSR count). The summed E-state index contributed by atoms with van der Waals surface area (Å²) in [5, 5.41) is 8.02. The third kappa shape index (κ3) is 3.58. The fraction of sp³-hybridized carbons (Fsp3) is 0.786. The minimum absolute atomic E-state index is 0.515. The average Bonchev–Trinajstić information content (AvgIpc) is 2.62. The first-order valence-corrected chi connectivity index (χ1v) is 7.71. The number of aromatic nitrogens is 2. The molecule has 18 heavy (non-hydrogen) atoms. The molecule has 0 spiro atoms. The third-order valence-electron chi connectivity index (χ3n) is 3.72. The van der Waals surface area contributed by atoms with E-state index in [1.807, 2.05) is 11.7 Å². The molecule has 1 heterocycles. The predicted octanol–water partition coefficient (Wildman–Crippen LogP) is 3.31. The maximum Gasteiger partial charge on any atom is 0.0766 e. The van der Waals surface area contributed by atoms with Crippen LogP contribution in [0.25, 0.3) is 0 Å². The molecule has 0 aliphatic heterocycles. The van der Waals surface area contributed by atoms with E-state index in [0.717, 1.165) is 18.5 Å². The molecule has 0 saturated heterocycles. The van der Waals surface area contributed by atoms with Crippen molar-refractivity contribution in [3.8, 4) is 0 Å². The van der Waals surface area contributed by atoms with Crippen LogP contribution in [0.15, 0.2) is 4.47 Å². The highest BCUT2D eigenvalue weighted by atomic mass is 79.9. The van der Waals surface area contributed by atoms with Gasteiger partial charge in [-0.25, -0.2) is 0 Å². The predicted molar refractivity (Wildman–Crippen MR) is 80.9 cm³/mol. The zero-order chi connectivity index (χ0) is 13.7. The molecule has 1 aromatic heterocycles. The maximum atomic E-state index is 4.56. The Labute approximate surface area is 119 Å². The molecule has 2 unspecified atom stereocenters. The smallest absolute Gasteiger partial charge is 0.0766 e. The van der Waals surface area contributed by atoms with Gasteiger partial charge >= 0.3 is 0 Å². The lowest BCUT2D eigenvalue weighted by Crippen LogP contribution is -2.34. The molecule has 104 valence electrons. The molecule has 2 atom stereocenters. The second-order valence-corrected chi connectivity index (χ2v) is 5.84. The van der Waals surface area contributed by atoms with Crippen molar-refractivity contribution in [2.45, 2.75) is 52.5 Å². The molecule has 0 radical (unpaired) electrons. The summed E-state index contributed by atoms with van der Waals surface area (Å²) >= 11 is 3.70. The van der Waals surface area contributed by atoms with Crippen LogP contribution in [-0.2, 0) is 19.9 Å². The van der Waals surface area contributed by atoms with Crippen LogP contribution in [0.2, 0.25) is 0 Å². The van der Waals surface area contributed by atoms with Crippen molar-refractivity contribution in [2.24, 2.45) is 13.0 Å². The summed E-state index contributed by atoms with van der Waals surface area (Å²) < 4.78 is 3.21. The van der Waals surface area contributed by atoms with Gasteiger partial charge in [0.15, 0.2) is 0 Å². The van der Waals surface area contributed by atoms with E-state index in [2.05, 4.69) is 54.2 Å². The van der Waals surface area contributed by atoms with Gasteiger partial charge in [0, 0.05) is 19.5 Å². The number of rotatable bonds is 7. The molecule has 3 nitrogen and oxygen atoms in total. The standard InChI is InChI=1S/C14H26BrN3/c1-6-8-10(3)12(16-4)9-13-14(15)11(7-2)17-18(13)5/h10,12,16H,6-9H2,1-5H3. The lowest BCUT2D eigenvalue weighted by atomic mass is 9.93. The molecular formula is C14H26BrN3. The Bertz CT molecular complexity index is 373. The average molecular weight is 316 g/mol. The SMILES string of the molecule is CCCC(C)C(Cc1c(Br)c(CC)nn1C)NC. The Morgan fingerprint density at radius 1 is 1.39 bits per heavy atom. The molecule has 1 aromatic rings. The summed E-state index contributed by atoms with van der Waals surface area (Å²) in [4.78, 5) is 0. The highest BCUT2D eigenvalue weighted by Crippen LogP contribution is 2.24. The van der Waals surface area contributed by atoms with Gasteiger partial charge in [0.1, 0.15) is 0 Å². The van der Waals surface area contributed by atoms with Crippen molar-refractivity contribution in [1.82, 2.24) is 15.1 Å². The van der Waals surface area contributed by atoms with Gasteiger partial charge in [-0.3, -0.25) is 4.68 Å². The van der Waals surface area contributed by atoms with Crippen molar-refractivity contribution in [2.75, 3.05) is 7.05 Å². The Morgan fingerprint density at radius 2 is 2.06 bits per heavy atom. The third-order valence-corrected chi connectivity index (χ3v) is 4.63. The van der Waals surface area contributed by atoms with Gasteiger partial charge in [-0.2, -0.15) is 5.10 Å². The molecular weight excluding hydrogens is 290 g/mol. The molecule has 0 bridgehead atoms. The van der Waals surface area contributed by atoms with E-state index in [0.29, 0.717) is 12.0 Å². The van der Waals surface area contributed by atoms with Gasteiger partial charge in [0.2, 0.25) is 0 Å². The lowest BCUT2D eigenvalue weighted by Gasteiger charge is -2.23. The summed E-state index contributed by atoms with van der Waals surface area (Å²) in [6, 6.07) is 0.515. The topological polar surface area (TPSA) is 29.9 Å². The number of halogens is 1. The fourth-order valence-electron chi connectivity index (χ4n) is 2.49. The molecule has 1 N–H and O–H groups in total. The Morgan fingerprint density at radius 3 is 2.50 bits per heavy atom. The Balaban J connectivity index is 2.84. The number of likely N-dealkylation sites (N-methyl/N-ethyl adjacent to an activating group) is 1. The van der Waals surface area contributed by atoms with Crippen LogP contribution in [0.4, 0.5) is 0 Å². The summed E-state index contributed by atoms with van der Waals surface area (Å²) in [5.74, 6) is 0.687. The number of hydrogen-bond donors (Lipinski definition) is 1. The first-order chi connectivity index (χ1) is 8.54. The Hall–Kier alpha value is -0.350. The van der Waals surface area contributed by atoms with Crippen LogP contribution < -0.4 is 5.32 Å². The van der Waals surface area contributed by atoms with Crippen LogP contribution in [0.5, 0.6) is 0 Å². The molecule has 0 aliphatic rings. The van der Waals surface area contributed by atoms with E-state index in [1.54, 1.807) is 0 Å². The number of hydrogen-bond acceptors (Lipinski definition) is 2. The summed E-state index contributed by atoms with van der Waals surface area (Å²) in [6.45, 7) is 6.72. The van der Waals surface area contributed by atoms with Crippen molar-refractivity contribution in [3.63, 3.8) is 0 Å². The van der Waals surface area contributed by atoms with Gasteiger partial charge in [0.25, 0.3) is 0 Å². The molecule has 0 saturated carbocycles.